The molecule has 1 aromatic carbocycles. The topological polar surface area (TPSA) is 78.9 Å². The van der Waals surface area contributed by atoms with Gasteiger partial charge in [0.2, 0.25) is 11.8 Å². The van der Waals surface area contributed by atoms with Crippen molar-refractivity contribution in [2.24, 2.45) is 5.92 Å². The normalized spacial score (nSPS) is 16.8. The Morgan fingerprint density at radius 2 is 2.00 bits per heavy atom. The molecule has 1 fully saturated rings. The first kappa shape index (κ1) is 21.6. The van der Waals surface area contributed by atoms with Crippen LogP contribution in [0, 0.1) is 5.92 Å². The minimum atomic E-state index is 0.0250. The summed E-state index contributed by atoms with van der Waals surface area (Å²) in [5, 5.41) is 12.2. The van der Waals surface area contributed by atoms with Gasteiger partial charge >= 0.3 is 0 Å². The van der Waals surface area contributed by atoms with Crippen LogP contribution in [0.2, 0.25) is 0 Å². The number of benzene rings is 1. The number of fused-ring (bicyclic) bond motifs is 1. The molecule has 1 aliphatic carbocycles. The van der Waals surface area contributed by atoms with Gasteiger partial charge in [-0.1, -0.05) is 25.3 Å². The standard InChI is InChI=1S/C23H34N2O4/c26-15-14-25(17-18-7-2-1-3-8-18)23(28)11-4-5-16-29-21-10-6-9-20-19(21)12-13-22(27)24-20/h6,9-10,18,26H,1-5,7-8,11-17H2,(H,24,27). The Kier molecular flexibility index (Phi) is 8.35. The molecule has 0 spiro atoms. The molecule has 2 N–H and O–H groups in total. The maximum atomic E-state index is 12.6. The lowest BCUT2D eigenvalue weighted by Crippen LogP contribution is -2.38. The highest BCUT2D eigenvalue weighted by atomic mass is 16.5. The van der Waals surface area contributed by atoms with E-state index in [4.69, 9.17) is 4.74 Å². The molecule has 1 saturated carbocycles. The molecule has 1 heterocycles. The lowest BCUT2D eigenvalue weighted by atomic mass is 9.89. The summed E-state index contributed by atoms with van der Waals surface area (Å²) in [7, 11) is 0. The summed E-state index contributed by atoms with van der Waals surface area (Å²) in [6, 6.07) is 5.73. The fourth-order valence-electron chi connectivity index (χ4n) is 4.37. The molecule has 29 heavy (non-hydrogen) atoms. The van der Waals surface area contributed by atoms with Crippen LogP contribution in [0.25, 0.3) is 0 Å². The van der Waals surface area contributed by atoms with E-state index in [-0.39, 0.29) is 18.4 Å². The van der Waals surface area contributed by atoms with Crippen molar-refractivity contribution in [1.82, 2.24) is 4.90 Å². The van der Waals surface area contributed by atoms with Crippen molar-refractivity contribution in [3.8, 4) is 5.75 Å². The van der Waals surface area contributed by atoms with Crippen molar-refractivity contribution >= 4 is 17.5 Å². The summed E-state index contributed by atoms with van der Waals surface area (Å²) < 4.78 is 5.93. The van der Waals surface area contributed by atoms with Crippen LogP contribution in [0.15, 0.2) is 18.2 Å². The van der Waals surface area contributed by atoms with E-state index in [1.54, 1.807) is 0 Å². The zero-order valence-corrected chi connectivity index (χ0v) is 17.3. The third-order valence-electron chi connectivity index (χ3n) is 5.98. The highest BCUT2D eigenvalue weighted by molar-refractivity contribution is 5.94. The number of carbonyl (C=O) groups is 2. The fourth-order valence-corrected chi connectivity index (χ4v) is 4.37. The van der Waals surface area contributed by atoms with Gasteiger partial charge in [-0.15, -0.1) is 0 Å². The number of hydrogen-bond acceptors (Lipinski definition) is 4. The number of nitrogens with one attached hydrogen (secondary N) is 1. The van der Waals surface area contributed by atoms with Crippen LogP contribution >= 0.6 is 0 Å². The molecule has 0 bridgehead atoms. The number of aliphatic hydroxyl groups is 1. The van der Waals surface area contributed by atoms with Crippen molar-refractivity contribution in [1.29, 1.82) is 0 Å². The Morgan fingerprint density at radius 1 is 1.17 bits per heavy atom. The maximum absolute atomic E-state index is 12.6. The molecule has 0 saturated heterocycles. The second kappa shape index (κ2) is 11.2. The van der Waals surface area contributed by atoms with Gasteiger partial charge in [-0.2, -0.15) is 0 Å². The molecule has 0 radical (unpaired) electrons. The zero-order valence-electron chi connectivity index (χ0n) is 17.3. The van der Waals surface area contributed by atoms with Crippen molar-refractivity contribution < 1.29 is 19.4 Å². The lowest BCUT2D eigenvalue weighted by Gasteiger charge is -2.29. The predicted molar refractivity (Wildman–Crippen MR) is 113 cm³/mol. The molecule has 3 rings (SSSR count). The largest absolute Gasteiger partial charge is 0.493 e. The van der Waals surface area contributed by atoms with Gasteiger partial charge in [-0.3, -0.25) is 9.59 Å². The number of hydrogen-bond donors (Lipinski definition) is 2. The highest BCUT2D eigenvalue weighted by Gasteiger charge is 2.21. The molecule has 6 heteroatoms. The minimum Gasteiger partial charge on any atom is -0.493 e. The van der Waals surface area contributed by atoms with Crippen molar-refractivity contribution in [2.75, 3.05) is 31.6 Å². The molecule has 2 amide bonds. The van der Waals surface area contributed by atoms with Gasteiger partial charge in [0, 0.05) is 37.2 Å². The quantitative estimate of drug-likeness (QED) is 0.587. The van der Waals surface area contributed by atoms with E-state index in [1.165, 1.54) is 32.1 Å². The highest BCUT2D eigenvalue weighted by Crippen LogP contribution is 2.31. The summed E-state index contributed by atoms with van der Waals surface area (Å²) in [6.07, 6.45) is 9.49. The monoisotopic (exact) mass is 402 g/mol. The van der Waals surface area contributed by atoms with E-state index < -0.39 is 0 Å². The van der Waals surface area contributed by atoms with Gasteiger partial charge in [-0.05, 0) is 50.2 Å². The number of amides is 2. The summed E-state index contributed by atoms with van der Waals surface area (Å²) >= 11 is 0. The van der Waals surface area contributed by atoms with Crippen LogP contribution < -0.4 is 10.1 Å². The number of rotatable bonds is 10. The molecule has 1 aliphatic heterocycles. The molecule has 0 aromatic heterocycles. The molecule has 160 valence electrons. The molecule has 0 atom stereocenters. The second-order valence-corrected chi connectivity index (χ2v) is 8.20. The number of ether oxygens (including phenoxy) is 1. The van der Waals surface area contributed by atoms with Crippen molar-refractivity contribution in [2.45, 2.75) is 64.2 Å². The smallest absolute Gasteiger partial charge is 0.224 e. The summed E-state index contributed by atoms with van der Waals surface area (Å²) in [5.41, 5.74) is 1.90. The second-order valence-electron chi connectivity index (χ2n) is 8.20. The van der Waals surface area contributed by atoms with Gasteiger partial charge in [0.1, 0.15) is 5.75 Å². The van der Waals surface area contributed by atoms with E-state index in [1.807, 2.05) is 23.1 Å². The van der Waals surface area contributed by atoms with Crippen LogP contribution in [0.5, 0.6) is 5.75 Å². The molecule has 1 aromatic rings. The molecular formula is C23H34N2O4. The Bertz CT molecular complexity index is 685. The fraction of sp³-hybridized carbons (Fsp3) is 0.652. The van der Waals surface area contributed by atoms with Crippen LogP contribution in [-0.2, 0) is 16.0 Å². The summed E-state index contributed by atoms with van der Waals surface area (Å²) in [4.78, 5) is 26.0. The Hall–Kier alpha value is -2.08. The van der Waals surface area contributed by atoms with Crippen LogP contribution in [0.4, 0.5) is 5.69 Å². The zero-order chi connectivity index (χ0) is 20.5. The summed E-state index contributed by atoms with van der Waals surface area (Å²) in [6.45, 7) is 1.81. The average molecular weight is 403 g/mol. The first-order valence-electron chi connectivity index (χ1n) is 11.1. The van der Waals surface area contributed by atoms with Crippen LogP contribution in [0.3, 0.4) is 0 Å². The van der Waals surface area contributed by atoms with Gasteiger partial charge in [0.15, 0.2) is 0 Å². The van der Waals surface area contributed by atoms with Crippen molar-refractivity contribution in [3.63, 3.8) is 0 Å². The number of nitrogens with zero attached hydrogens (tertiary/aromatic N) is 1. The molecule has 2 aliphatic rings. The van der Waals surface area contributed by atoms with Gasteiger partial charge in [0.25, 0.3) is 0 Å². The third-order valence-corrected chi connectivity index (χ3v) is 5.98. The van der Waals surface area contributed by atoms with Gasteiger partial charge < -0.3 is 20.1 Å². The average Bonchev–Trinajstić information content (AvgIpc) is 2.73. The first-order chi connectivity index (χ1) is 14.2. The predicted octanol–water partition coefficient (Wildman–Crippen LogP) is 3.52. The van der Waals surface area contributed by atoms with E-state index in [0.717, 1.165) is 36.4 Å². The van der Waals surface area contributed by atoms with Gasteiger partial charge in [-0.25, -0.2) is 0 Å². The third kappa shape index (κ3) is 6.46. The van der Waals surface area contributed by atoms with E-state index >= 15 is 0 Å². The number of carbonyl (C=O) groups excluding carboxylic acids is 2. The number of aliphatic hydroxyl groups excluding tert-OH is 1. The van der Waals surface area contributed by atoms with E-state index in [2.05, 4.69) is 5.32 Å². The van der Waals surface area contributed by atoms with Gasteiger partial charge in [0.05, 0.1) is 13.2 Å². The number of anilines is 1. The van der Waals surface area contributed by atoms with Crippen LogP contribution in [-0.4, -0.2) is 48.1 Å². The molecule has 0 unspecified atom stereocenters. The number of unbranched alkanes of at least 4 members (excludes halogenated alkanes) is 1. The first-order valence-corrected chi connectivity index (χ1v) is 11.1. The van der Waals surface area contributed by atoms with E-state index in [9.17, 15) is 14.7 Å². The van der Waals surface area contributed by atoms with E-state index in [0.29, 0.717) is 38.3 Å². The van der Waals surface area contributed by atoms with Crippen LogP contribution in [0.1, 0.15) is 63.4 Å². The summed E-state index contributed by atoms with van der Waals surface area (Å²) in [5.74, 6) is 1.61. The molecular weight excluding hydrogens is 368 g/mol. The Morgan fingerprint density at radius 3 is 2.79 bits per heavy atom. The molecule has 6 nitrogen and oxygen atoms in total. The SMILES string of the molecule is O=C1CCc2c(cccc2OCCCCC(=O)N(CCO)CC2CCCCC2)N1. The Labute approximate surface area is 173 Å². The Balaban J connectivity index is 1.39. The minimum absolute atomic E-state index is 0.0250. The van der Waals surface area contributed by atoms with Crippen molar-refractivity contribution in [3.05, 3.63) is 23.8 Å². The maximum Gasteiger partial charge on any atom is 0.224 e. The lowest BCUT2D eigenvalue weighted by molar-refractivity contribution is -0.132.